The van der Waals surface area contributed by atoms with Crippen molar-refractivity contribution >= 4 is 26.8 Å². The molecular weight excluding hydrogens is 226 g/mol. The topological polar surface area (TPSA) is 4.93 Å². The highest BCUT2D eigenvalue weighted by Crippen LogP contribution is 2.20. The third-order valence-electron chi connectivity index (χ3n) is 2.06. The van der Waals surface area contributed by atoms with Crippen LogP contribution in [0, 0.1) is 0 Å². The van der Waals surface area contributed by atoms with Crippen molar-refractivity contribution in [3.8, 4) is 0 Å². The molecule has 0 saturated heterocycles. The second-order valence-electron chi connectivity index (χ2n) is 2.96. The van der Waals surface area contributed by atoms with Gasteiger partial charge < -0.3 is 4.57 Å². The Labute approximate surface area is 85.8 Å². The van der Waals surface area contributed by atoms with Gasteiger partial charge in [0, 0.05) is 22.7 Å². The van der Waals surface area contributed by atoms with Gasteiger partial charge in [-0.3, -0.25) is 0 Å². The van der Waals surface area contributed by atoms with Gasteiger partial charge in [-0.15, -0.1) is 6.58 Å². The van der Waals surface area contributed by atoms with E-state index in [9.17, 15) is 0 Å². The number of fused-ring (bicyclic) bond motifs is 1. The molecule has 0 amide bonds. The monoisotopic (exact) mass is 235 g/mol. The van der Waals surface area contributed by atoms with E-state index in [1.165, 1.54) is 10.9 Å². The van der Waals surface area contributed by atoms with Crippen molar-refractivity contribution < 1.29 is 0 Å². The number of benzene rings is 1. The van der Waals surface area contributed by atoms with Gasteiger partial charge in [0.15, 0.2) is 0 Å². The first-order valence-corrected chi connectivity index (χ1v) is 4.96. The number of hydrogen-bond acceptors (Lipinski definition) is 0. The molecule has 0 N–H and O–H groups in total. The maximum atomic E-state index is 3.73. The van der Waals surface area contributed by atoms with E-state index in [4.69, 9.17) is 0 Å². The maximum Gasteiger partial charge on any atom is 0.0494 e. The van der Waals surface area contributed by atoms with Gasteiger partial charge in [-0.25, -0.2) is 0 Å². The molecule has 66 valence electrons. The van der Waals surface area contributed by atoms with E-state index in [0.29, 0.717) is 0 Å². The molecule has 0 radical (unpaired) electrons. The number of aromatic nitrogens is 1. The number of nitrogens with zero attached hydrogens (tertiary/aromatic N) is 1. The average molecular weight is 236 g/mol. The minimum atomic E-state index is 0.861. The summed E-state index contributed by atoms with van der Waals surface area (Å²) >= 11 is 3.46. The fourth-order valence-corrected chi connectivity index (χ4v) is 1.80. The van der Waals surface area contributed by atoms with Crippen molar-refractivity contribution in [2.75, 3.05) is 0 Å². The molecule has 13 heavy (non-hydrogen) atoms. The van der Waals surface area contributed by atoms with Crippen molar-refractivity contribution in [3.05, 3.63) is 47.6 Å². The molecule has 2 aromatic rings. The molecule has 1 nitrogen and oxygen atoms in total. The van der Waals surface area contributed by atoms with Gasteiger partial charge in [0.2, 0.25) is 0 Å². The Morgan fingerprint density at radius 1 is 1.38 bits per heavy atom. The first-order valence-electron chi connectivity index (χ1n) is 4.16. The highest BCUT2D eigenvalue weighted by molar-refractivity contribution is 9.10. The van der Waals surface area contributed by atoms with E-state index in [1.807, 2.05) is 6.08 Å². The van der Waals surface area contributed by atoms with Crippen LogP contribution in [0.3, 0.4) is 0 Å². The first-order chi connectivity index (χ1) is 6.31. The zero-order valence-corrected chi connectivity index (χ0v) is 8.79. The molecule has 0 fully saturated rings. The molecule has 1 aromatic carbocycles. The fraction of sp³-hybridized carbons (Fsp3) is 0.0909. The largest absolute Gasteiger partial charge is 0.344 e. The summed E-state index contributed by atoms with van der Waals surface area (Å²) in [6.07, 6.45) is 3.99. The average Bonchev–Trinajstić information content (AvgIpc) is 2.49. The third-order valence-corrected chi connectivity index (χ3v) is 2.55. The second kappa shape index (κ2) is 3.38. The number of halogens is 1. The van der Waals surface area contributed by atoms with Gasteiger partial charge in [0.05, 0.1) is 0 Å². The van der Waals surface area contributed by atoms with Crippen LogP contribution in [0.2, 0.25) is 0 Å². The summed E-state index contributed by atoms with van der Waals surface area (Å²) in [4.78, 5) is 0. The van der Waals surface area contributed by atoms with Crippen LogP contribution in [-0.2, 0) is 6.54 Å². The van der Waals surface area contributed by atoms with Crippen LogP contribution in [0.1, 0.15) is 0 Å². The van der Waals surface area contributed by atoms with E-state index >= 15 is 0 Å². The van der Waals surface area contributed by atoms with Crippen LogP contribution in [0.5, 0.6) is 0 Å². The van der Waals surface area contributed by atoms with Crippen molar-refractivity contribution in [3.63, 3.8) is 0 Å². The Morgan fingerprint density at radius 3 is 3.00 bits per heavy atom. The maximum absolute atomic E-state index is 3.73. The van der Waals surface area contributed by atoms with Gasteiger partial charge >= 0.3 is 0 Å². The molecule has 2 rings (SSSR count). The molecule has 0 atom stereocenters. The quantitative estimate of drug-likeness (QED) is 0.702. The van der Waals surface area contributed by atoms with Crippen molar-refractivity contribution in [2.45, 2.75) is 6.54 Å². The van der Waals surface area contributed by atoms with E-state index in [1.54, 1.807) is 0 Å². The van der Waals surface area contributed by atoms with Gasteiger partial charge in [0.1, 0.15) is 0 Å². The lowest BCUT2D eigenvalue weighted by atomic mass is 10.2. The molecule has 0 bridgehead atoms. The van der Waals surface area contributed by atoms with Crippen LogP contribution in [-0.4, -0.2) is 4.57 Å². The van der Waals surface area contributed by atoms with Gasteiger partial charge in [0.25, 0.3) is 0 Å². The molecule has 0 spiro atoms. The Kier molecular flexibility index (Phi) is 2.23. The Morgan fingerprint density at radius 2 is 2.23 bits per heavy atom. The van der Waals surface area contributed by atoms with Crippen molar-refractivity contribution in [1.29, 1.82) is 0 Å². The van der Waals surface area contributed by atoms with E-state index in [-0.39, 0.29) is 0 Å². The lowest BCUT2D eigenvalue weighted by molar-refractivity contribution is 0.865. The van der Waals surface area contributed by atoms with Crippen LogP contribution < -0.4 is 0 Å². The first kappa shape index (κ1) is 8.57. The lowest BCUT2D eigenvalue weighted by Gasteiger charge is -2.00. The van der Waals surface area contributed by atoms with Crippen LogP contribution in [0.4, 0.5) is 0 Å². The highest BCUT2D eigenvalue weighted by Gasteiger charge is 1.99. The molecule has 1 aromatic heterocycles. The molecule has 0 unspecified atom stereocenters. The zero-order chi connectivity index (χ0) is 9.26. The van der Waals surface area contributed by atoms with Crippen molar-refractivity contribution in [2.24, 2.45) is 0 Å². The minimum absolute atomic E-state index is 0.861. The summed E-state index contributed by atoms with van der Waals surface area (Å²) in [6, 6.07) is 8.41. The number of allylic oxidation sites excluding steroid dienone is 1. The van der Waals surface area contributed by atoms with Gasteiger partial charge in [-0.1, -0.05) is 28.1 Å². The summed E-state index contributed by atoms with van der Waals surface area (Å²) in [5.74, 6) is 0. The second-order valence-corrected chi connectivity index (χ2v) is 3.88. The summed E-state index contributed by atoms with van der Waals surface area (Å²) in [7, 11) is 0. The van der Waals surface area contributed by atoms with Crippen LogP contribution >= 0.6 is 15.9 Å². The van der Waals surface area contributed by atoms with Crippen LogP contribution in [0.15, 0.2) is 47.6 Å². The zero-order valence-electron chi connectivity index (χ0n) is 7.20. The van der Waals surface area contributed by atoms with Gasteiger partial charge in [-0.05, 0) is 23.6 Å². The molecule has 0 aliphatic rings. The Bertz CT molecular complexity index is 442. The van der Waals surface area contributed by atoms with E-state index < -0.39 is 0 Å². The smallest absolute Gasteiger partial charge is 0.0494 e. The third kappa shape index (κ3) is 1.54. The molecule has 0 saturated carbocycles. The Balaban J connectivity index is 2.64. The predicted molar refractivity (Wildman–Crippen MR) is 59.8 cm³/mol. The highest BCUT2D eigenvalue weighted by atomic mass is 79.9. The fourth-order valence-electron chi connectivity index (χ4n) is 1.46. The summed E-state index contributed by atoms with van der Waals surface area (Å²) < 4.78 is 3.29. The summed E-state index contributed by atoms with van der Waals surface area (Å²) in [6.45, 7) is 4.59. The molecule has 0 aliphatic heterocycles. The molecule has 1 heterocycles. The number of rotatable bonds is 2. The summed E-state index contributed by atoms with van der Waals surface area (Å²) in [5, 5.41) is 1.27. The standard InChI is InChI=1S/C11H10BrN/c1-2-6-13-7-5-9-3-4-10(12)8-11(9)13/h2-5,7-8H,1,6H2. The SMILES string of the molecule is C=CCn1ccc2ccc(Br)cc21. The molecular formula is C11H10BrN. The minimum Gasteiger partial charge on any atom is -0.344 e. The van der Waals surface area contributed by atoms with Crippen LogP contribution in [0.25, 0.3) is 10.9 Å². The number of hydrogen-bond donors (Lipinski definition) is 0. The normalized spacial score (nSPS) is 10.5. The molecule has 2 heteroatoms. The van der Waals surface area contributed by atoms with E-state index in [0.717, 1.165) is 11.0 Å². The van der Waals surface area contributed by atoms with Gasteiger partial charge in [-0.2, -0.15) is 0 Å². The summed E-state index contributed by atoms with van der Waals surface area (Å²) in [5.41, 5.74) is 1.24. The molecule has 0 aliphatic carbocycles. The van der Waals surface area contributed by atoms with E-state index in [2.05, 4.69) is 57.5 Å². The van der Waals surface area contributed by atoms with Crippen molar-refractivity contribution in [1.82, 2.24) is 4.57 Å². The lowest BCUT2D eigenvalue weighted by Crippen LogP contribution is -1.91. The Hall–Kier alpha value is -1.02. The predicted octanol–water partition coefficient (Wildman–Crippen LogP) is 3.59.